The Balaban J connectivity index is 1.61. The number of hydrogen-bond acceptors (Lipinski definition) is 7. The number of hydrogen-bond donors (Lipinski definition) is 2. The molecule has 2 aliphatic rings. The van der Waals surface area contributed by atoms with Gasteiger partial charge in [0.25, 0.3) is 5.91 Å². The minimum atomic E-state index is -3.01. The molecule has 1 amide bonds. The predicted octanol–water partition coefficient (Wildman–Crippen LogP) is 3.32. The standard InChI is InChI=1S/C20H18F4N4O3S/c21-14-3-1-10(27-17(29)16-4-2-11(6-26-16)31-18(23)24)5-12(14)20-9-30-7-15(22)13(20)8-32-19(25)28-20/h1-6,13,15,18H,7-9H2,(H2,25,28)(H,27,29)/t13?,15-,20-/m1/s1. The predicted molar refractivity (Wildman–Crippen MR) is 110 cm³/mol. The highest BCUT2D eigenvalue weighted by molar-refractivity contribution is 8.13. The maximum Gasteiger partial charge on any atom is 0.387 e. The van der Waals surface area contributed by atoms with Crippen LogP contribution in [0.15, 0.2) is 41.5 Å². The maximum absolute atomic E-state index is 14.9. The van der Waals surface area contributed by atoms with Gasteiger partial charge in [0.05, 0.1) is 19.4 Å². The third kappa shape index (κ3) is 4.37. The minimum Gasteiger partial charge on any atom is -0.433 e. The first-order chi connectivity index (χ1) is 15.3. The van der Waals surface area contributed by atoms with Crippen LogP contribution in [0.3, 0.4) is 0 Å². The quantitative estimate of drug-likeness (QED) is 0.651. The fraction of sp³-hybridized carbons (Fsp3) is 0.350. The molecular formula is C20H18F4N4O3S. The van der Waals surface area contributed by atoms with E-state index in [-0.39, 0.29) is 41.1 Å². The SMILES string of the molecule is NC1=N[C@@]2(c3cc(NC(=O)c4ccc(OC(F)F)cn4)ccc3F)COC[C@@H](F)C2CS1. The highest BCUT2D eigenvalue weighted by Gasteiger charge is 2.51. The summed E-state index contributed by atoms with van der Waals surface area (Å²) in [6.07, 6.45) is -0.373. The van der Waals surface area contributed by atoms with Crippen LogP contribution in [0.2, 0.25) is 0 Å². The summed E-state index contributed by atoms with van der Waals surface area (Å²) in [7, 11) is 0. The number of carbonyl (C=O) groups excluding carboxylic acids is 1. The molecule has 2 aromatic rings. The summed E-state index contributed by atoms with van der Waals surface area (Å²) in [6.45, 7) is -3.18. The number of amides is 1. The topological polar surface area (TPSA) is 98.8 Å². The van der Waals surface area contributed by atoms with Gasteiger partial charge in [-0.15, -0.1) is 0 Å². The Labute approximate surface area is 184 Å². The lowest BCUT2D eigenvalue weighted by Crippen LogP contribution is -2.53. The van der Waals surface area contributed by atoms with Gasteiger partial charge in [-0.05, 0) is 30.3 Å². The van der Waals surface area contributed by atoms with Gasteiger partial charge in [-0.25, -0.2) is 18.8 Å². The van der Waals surface area contributed by atoms with Gasteiger partial charge < -0.3 is 20.5 Å². The Morgan fingerprint density at radius 2 is 2.16 bits per heavy atom. The van der Waals surface area contributed by atoms with E-state index in [4.69, 9.17) is 10.5 Å². The smallest absolute Gasteiger partial charge is 0.387 e. The molecule has 0 radical (unpaired) electrons. The molecule has 170 valence electrons. The lowest BCUT2D eigenvalue weighted by molar-refractivity contribution is -0.0526. The number of carbonyl (C=O) groups is 1. The number of nitrogens with zero attached hydrogens (tertiary/aromatic N) is 2. The number of aliphatic imine (C=N–C) groups is 1. The molecule has 12 heteroatoms. The molecule has 1 unspecified atom stereocenters. The molecule has 1 saturated heterocycles. The van der Waals surface area contributed by atoms with E-state index in [1.54, 1.807) is 0 Å². The van der Waals surface area contributed by atoms with Crippen LogP contribution in [0.4, 0.5) is 23.2 Å². The molecule has 7 nitrogen and oxygen atoms in total. The first kappa shape index (κ1) is 22.3. The molecule has 0 bridgehead atoms. The second-order valence-corrected chi connectivity index (χ2v) is 8.27. The average molecular weight is 470 g/mol. The first-order valence-corrected chi connectivity index (χ1v) is 10.5. The number of ether oxygens (including phenoxy) is 2. The molecule has 0 aliphatic carbocycles. The van der Waals surface area contributed by atoms with Crippen molar-refractivity contribution in [2.75, 3.05) is 24.3 Å². The average Bonchev–Trinajstić information content (AvgIpc) is 2.75. The minimum absolute atomic E-state index is 0.0547. The lowest BCUT2D eigenvalue weighted by atomic mass is 9.75. The van der Waals surface area contributed by atoms with Gasteiger partial charge in [-0.3, -0.25) is 4.79 Å². The van der Waals surface area contributed by atoms with Gasteiger partial charge in [-0.2, -0.15) is 8.78 Å². The molecule has 3 heterocycles. The van der Waals surface area contributed by atoms with E-state index in [9.17, 15) is 22.4 Å². The zero-order valence-corrected chi connectivity index (χ0v) is 17.3. The molecule has 3 atom stereocenters. The normalized spacial score (nSPS) is 25.1. The van der Waals surface area contributed by atoms with Gasteiger partial charge in [-0.1, -0.05) is 11.8 Å². The van der Waals surface area contributed by atoms with E-state index in [0.29, 0.717) is 5.75 Å². The Morgan fingerprint density at radius 3 is 2.88 bits per heavy atom. The van der Waals surface area contributed by atoms with E-state index in [2.05, 4.69) is 20.0 Å². The van der Waals surface area contributed by atoms with Gasteiger partial charge in [0.2, 0.25) is 0 Å². The van der Waals surface area contributed by atoms with Crippen LogP contribution in [0.5, 0.6) is 5.75 Å². The zero-order chi connectivity index (χ0) is 22.9. The molecule has 32 heavy (non-hydrogen) atoms. The molecule has 0 spiro atoms. The van der Waals surface area contributed by atoms with E-state index in [1.165, 1.54) is 36.0 Å². The van der Waals surface area contributed by atoms with Crippen molar-refractivity contribution >= 4 is 28.5 Å². The molecule has 3 N–H and O–H groups in total. The molecule has 0 saturated carbocycles. The fourth-order valence-corrected chi connectivity index (χ4v) is 4.83. The first-order valence-electron chi connectivity index (χ1n) is 9.50. The van der Waals surface area contributed by atoms with Crippen LogP contribution in [-0.2, 0) is 10.3 Å². The summed E-state index contributed by atoms with van der Waals surface area (Å²) in [6, 6.07) is 6.21. The lowest BCUT2D eigenvalue weighted by Gasteiger charge is -2.45. The fourth-order valence-electron chi connectivity index (χ4n) is 3.77. The third-order valence-corrected chi connectivity index (χ3v) is 6.17. The molecule has 4 rings (SSSR count). The number of anilines is 1. The van der Waals surface area contributed by atoms with Crippen LogP contribution in [0.25, 0.3) is 0 Å². The Kier molecular flexibility index (Phi) is 6.24. The second-order valence-electron chi connectivity index (χ2n) is 7.23. The summed E-state index contributed by atoms with van der Waals surface area (Å²) in [5, 5.41) is 2.76. The van der Waals surface area contributed by atoms with Crippen molar-refractivity contribution in [2.45, 2.75) is 18.3 Å². The van der Waals surface area contributed by atoms with E-state index in [1.807, 2.05) is 0 Å². The highest BCUT2D eigenvalue weighted by atomic mass is 32.2. The van der Waals surface area contributed by atoms with Crippen molar-refractivity contribution in [3.05, 3.63) is 53.6 Å². The van der Waals surface area contributed by atoms with Crippen molar-refractivity contribution in [1.82, 2.24) is 4.98 Å². The number of nitrogens with one attached hydrogen (secondary N) is 1. The van der Waals surface area contributed by atoms with Gasteiger partial charge in [0, 0.05) is 22.9 Å². The third-order valence-electron chi connectivity index (χ3n) is 5.25. The largest absolute Gasteiger partial charge is 0.433 e. The van der Waals surface area contributed by atoms with Crippen LogP contribution in [0.1, 0.15) is 16.1 Å². The van der Waals surface area contributed by atoms with E-state index >= 15 is 0 Å². The van der Waals surface area contributed by atoms with Crippen molar-refractivity contribution in [1.29, 1.82) is 0 Å². The molecule has 1 aromatic heterocycles. The van der Waals surface area contributed by atoms with Crippen molar-refractivity contribution in [2.24, 2.45) is 16.6 Å². The summed E-state index contributed by atoms with van der Waals surface area (Å²) < 4.78 is 63.6. The molecular weight excluding hydrogens is 452 g/mol. The Bertz CT molecular complexity index is 1040. The number of halogens is 4. The Morgan fingerprint density at radius 1 is 1.34 bits per heavy atom. The number of pyridine rings is 1. The summed E-state index contributed by atoms with van der Waals surface area (Å²) in [5.74, 6) is -1.84. The van der Waals surface area contributed by atoms with Crippen molar-refractivity contribution < 1.29 is 31.8 Å². The van der Waals surface area contributed by atoms with Gasteiger partial charge >= 0.3 is 6.61 Å². The van der Waals surface area contributed by atoms with E-state index < -0.39 is 36.0 Å². The Hall–Kier alpha value is -2.86. The maximum atomic E-state index is 14.9. The van der Waals surface area contributed by atoms with Gasteiger partial charge in [0.15, 0.2) is 5.17 Å². The zero-order valence-electron chi connectivity index (χ0n) is 16.4. The number of benzene rings is 1. The number of rotatable bonds is 5. The number of aromatic nitrogens is 1. The van der Waals surface area contributed by atoms with Crippen LogP contribution in [0, 0.1) is 11.7 Å². The van der Waals surface area contributed by atoms with Crippen molar-refractivity contribution in [3.63, 3.8) is 0 Å². The molecule has 1 fully saturated rings. The number of thioether (sulfide) groups is 1. The monoisotopic (exact) mass is 470 g/mol. The number of nitrogens with two attached hydrogens (primary N) is 1. The van der Waals surface area contributed by atoms with Crippen LogP contribution < -0.4 is 15.8 Å². The molecule has 1 aromatic carbocycles. The van der Waals surface area contributed by atoms with E-state index in [0.717, 1.165) is 12.3 Å². The van der Waals surface area contributed by atoms with Crippen molar-refractivity contribution in [3.8, 4) is 5.75 Å². The van der Waals surface area contributed by atoms with Crippen LogP contribution in [-0.4, -0.2) is 47.8 Å². The molecule has 2 aliphatic heterocycles. The van der Waals surface area contributed by atoms with Crippen LogP contribution >= 0.6 is 11.8 Å². The number of alkyl halides is 3. The highest BCUT2D eigenvalue weighted by Crippen LogP contribution is 2.46. The number of fused-ring (bicyclic) bond motifs is 1. The summed E-state index contributed by atoms with van der Waals surface area (Å²) >= 11 is 1.20. The summed E-state index contributed by atoms with van der Waals surface area (Å²) in [5.41, 5.74) is 4.71. The second kappa shape index (κ2) is 8.94. The summed E-state index contributed by atoms with van der Waals surface area (Å²) in [4.78, 5) is 20.7. The van der Waals surface area contributed by atoms with Gasteiger partial charge in [0.1, 0.15) is 29.0 Å². The number of amidine groups is 1.